The van der Waals surface area contributed by atoms with Gasteiger partial charge >= 0.3 is 0 Å². The Morgan fingerprint density at radius 2 is 1.77 bits per heavy atom. The number of carbonyl (C=O) groups excluding carboxylic acids is 2. The van der Waals surface area contributed by atoms with Crippen LogP contribution in [0, 0.1) is 24.2 Å². The average Bonchev–Trinajstić information content (AvgIpc) is 3.41. The summed E-state index contributed by atoms with van der Waals surface area (Å²) in [6.07, 6.45) is 12.1. The minimum atomic E-state index is -0.564. The molecule has 1 saturated heterocycles. The van der Waals surface area contributed by atoms with Crippen molar-refractivity contribution in [1.82, 2.24) is 10.2 Å². The quantitative estimate of drug-likeness (QED) is 0.198. The standard InChI is InChI=1S/C28H37N3O3.C8H11N/c1-6-17(2)24-27(34)30-25(21-15-19-11-7-8-12-20(19)16-21)28(4,5)31(24)18(3)26(33)29-22-13-9-10-14-23(22)32;1-4-6-8(3)9-7-5-2/h7-14,17-18,21,24-25,32H,6,15-16H2,1-5H3,(H,29,33)(H,30,34);2,6-7H,4H2,1,3H3/b;8-6-,9-7?/t17?,18?,24-,25?;/m1./s1. The summed E-state index contributed by atoms with van der Waals surface area (Å²) in [5.74, 6) is 2.47. The number of carbonyl (C=O) groups is 2. The normalized spacial score (nSPS) is 21.6. The van der Waals surface area contributed by atoms with Crippen LogP contribution in [0.1, 0.15) is 72.4 Å². The number of hydrogen-bond acceptors (Lipinski definition) is 5. The molecule has 3 unspecified atom stereocenters. The van der Waals surface area contributed by atoms with Crippen molar-refractivity contribution in [2.45, 2.75) is 97.8 Å². The van der Waals surface area contributed by atoms with Gasteiger partial charge < -0.3 is 15.7 Å². The lowest BCUT2D eigenvalue weighted by atomic mass is 9.75. The molecule has 0 spiro atoms. The maximum absolute atomic E-state index is 13.5. The van der Waals surface area contributed by atoms with Crippen LogP contribution in [0.15, 0.2) is 65.3 Å². The van der Waals surface area contributed by atoms with Gasteiger partial charge in [0.25, 0.3) is 0 Å². The van der Waals surface area contributed by atoms with Gasteiger partial charge in [0.05, 0.1) is 30.0 Å². The molecule has 0 saturated carbocycles. The van der Waals surface area contributed by atoms with E-state index < -0.39 is 17.6 Å². The van der Waals surface area contributed by atoms with Gasteiger partial charge in [-0.2, -0.15) is 0 Å². The molecule has 0 radical (unpaired) electrons. The Morgan fingerprint density at radius 3 is 2.33 bits per heavy atom. The Balaban J connectivity index is 0.000000489. The second kappa shape index (κ2) is 15.0. The van der Waals surface area contributed by atoms with Crippen molar-refractivity contribution >= 4 is 23.7 Å². The topological polar surface area (TPSA) is 94.0 Å². The zero-order valence-electron chi connectivity index (χ0n) is 26.7. The molecule has 2 amide bonds. The number of fused-ring (bicyclic) bond motifs is 1. The maximum atomic E-state index is 13.5. The van der Waals surface area contributed by atoms with Crippen molar-refractivity contribution in [3.63, 3.8) is 0 Å². The van der Waals surface area contributed by atoms with Gasteiger partial charge in [0, 0.05) is 11.2 Å². The SMILES string of the molecule is C#CC=N/C(C)=C\CC.CCC(C)[C@@H]1C(=O)NC(C2Cc3ccccc3C2)C(C)(C)N1C(C)C(=O)Nc1ccccc1O. The van der Waals surface area contributed by atoms with Crippen molar-refractivity contribution < 1.29 is 14.7 Å². The van der Waals surface area contributed by atoms with Crippen molar-refractivity contribution in [1.29, 1.82) is 0 Å². The van der Waals surface area contributed by atoms with Gasteiger partial charge in [-0.05, 0) is 82.1 Å². The molecule has 7 nitrogen and oxygen atoms in total. The lowest BCUT2D eigenvalue weighted by Crippen LogP contribution is -2.76. The highest BCUT2D eigenvalue weighted by Crippen LogP contribution is 2.40. The van der Waals surface area contributed by atoms with Crippen molar-refractivity contribution in [2.24, 2.45) is 16.8 Å². The number of benzene rings is 2. The number of phenols is 1. The second-order valence-electron chi connectivity index (χ2n) is 12.2. The monoisotopic (exact) mass is 584 g/mol. The van der Waals surface area contributed by atoms with E-state index in [1.807, 2.05) is 19.9 Å². The predicted octanol–water partition coefficient (Wildman–Crippen LogP) is 6.13. The van der Waals surface area contributed by atoms with E-state index in [1.165, 1.54) is 17.3 Å². The van der Waals surface area contributed by atoms with E-state index >= 15 is 0 Å². The van der Waals surface area contributed by atoms with Crippen LogP contribution in [-0.2, 0) is 22.4 Å². The zero-order valence-corrected chi connectivity index (χ0v) is 26.7. The summed E-state index contributed by atoms with van der Waals surface area (Å²) in [6, 6.07) is 14.1. The van der Waals surface area contributed by atoms with E-state index in [2.05, 4.69) is 85.3 Å². The third kappa shape index (κ3) is 7.94. The Kier molecular flexibility index (Phi) is 11.7. The summed E-state index contributed by atoms with van der Waals surface area (Å²) >= 11 is 0. The number of hydrogen-bond donors (Lipinski definition) is 3. The fourth-order valence-corrected chi connectivity index (χ4v) is 6.51. The second-order valence-corrected chi connectivity index (χ2v) is 12.2. The molecule has 230 valence electrons. The van der Waals surface area contributed by atoms with Crippen molar-refractivity contribution in [2.75, 3.05) is 5.32 Å². The van der Waals surface area contributed by atoms with E-state index in [0.29, 0.717) is 5.69 Å². The van der Waals surface area contributed by atoms with Crippen molar-refractivity contribution in [3.05, 3.63) is 71.4 Å². The zero-order chi connectivity index (χ0) is 31.7. The molecule has 1 aliphatic carbocycles. The van der Waals surface area contributed by atoms with Crippen molar-refractivity contribution in [3.8, 4) is 18.1 Å². The predicted molar refractivity (Wildman–Crippen MR) is 176 cm³/mol. The Labute approximate surface area is 257 Å². The highest BCUT2D eigenvalue weighted by atomic mass is 16.3. The van der Waals surface area contributed by atoms with Crippen LogP contribution in [-0.4, -0.2) is 51.7 Å². The van der Waals surface area contributed by atoms with E-state index in [0.717, 1.165) is 31.4 Å². The molecule has 3 N–H and O–H groups in total. The van der Waals surface area contributed by atoms with Gasteiger partial charge in [-0.3, -0.25) is 19.5 Å². The number of rotatable bonds is 8. The van der Waals surface area contributed by atoms with Crippen LogP contribution < -0.4 is 10.6 Å². The van der Waals surface area contributed by atoms with Gasteiger partial charge in [-0.1, -0.05) is 75.6 Å². The third-order valence-corrected chi connectivity index (χ3v) is 8.83. The van der Waals surface area contributed by atoms with E-state index in [4.69, 9.17) is 6.42 Å². The number of nitrogens with one attached hydrogen (secondary N) is 2. The molecule has 0 bridgehead atoms. The first kappa shape index (κ1) is 33.6. The highest BCUT2D eigenvalue weighted by Gasteiger charge is 2.54. The molecule has 2 aromatic rings. The van der Waals surface area contributed by atoms with E-state index in [9.17, 15) is 14.7 Å². The summed E-state index contributed by atoms with van der Waals surface area (Å²) < 4.78 is 0. The molecule has 4 atom stereocenters. The van der Waals surface area contributed by atoms with Crippen LogP contribution >= 0.6 is 0 Å². The minimum absolute atomic E-state index is 0.00293. The van der Waals surface area contributed by atoms with Gasteiger partial charge in [0.2, 0.25) is 11.8 Å². The lowest BCUT2D eigenvalue weighted by molar-refractivity contribution is -0.150. The number of terminal acetylenes is 1. The van der Waals surface area contributed by atoms with Gasteiger partial charge in [0.15, 0.2) is 0 Å². The molecule has 1 fully saturated rings. The van der Waals surface area contributed by atoms with Crippen LogP contribution in [0.4, 0.5) is 5.69 Å². The average molecular weight is 585 g/mol. The molecule has 0 aromatic heterocycles. The number of para-hydroxylation sites is 2. The fourth-order valence-electron chi connectivity index (χ4n) is 6.51. The molecule has 2 aliphatic rings. The molecule has 4 rings (SSSR count). The minimum Gasteiger partial charge on any atom is -0.506 e. The number of anilines is 1. The van der Waals surface area contributed by atoms with Gasteiger partial charge in [-0.15, -0.1) is 6.42 Å². The number of aromatic hydroxyl groups is 1. The summed E-state index contributed by atoms with van der Waals surface area (Å²) in [7, 11) is 0. The first-order valence-electron chi connectivity index (χ1n) is 15.4. The maximum Gasteiger partial charge on any atom is 0.241 e. The van der Waals surface area contributed by atoms with Crippen LogP contribution in [0.5, 0.6) is 5.75 Å². The Bertz CT molecular complexity index is 1350. The molecule has 7 heteroatoms. The van der Waals surface area contributed by atoms with Crippen LogP contribution in [0.25, 0.3) is 0 Å². The lowest BCUT2D eigenvalue weighted by Gasteiger charge is -2.56. The summed E-state index contributed by atoms with van der Waals surface area (Å²) in [6.45, 7) is 14.3. The fraction of sp³-hybridized carbons (Fsp3) is 0.472. The number of allylic oxidation sites excluding steroid dienone is 2. The summed E-state index contributed by atoms with van der Waals surface area (Å²) in [5, 5.41) is 16.4. The largest absolute Gasteiger partial charge is 0.506 e. The first-order valence-corrected chi connectivity index (χ1v) is 15.4. The first-order chi connectivity index (χ1) is 20.5. The molecule has 2 aromatic carbocycles. The Hall–Kier alpha value is -3.89. The Morgan fingerprint density at radius 1 is 1.16 bits per heavy atom. The van der Waals surface area contributed by atoms with E-state index in [1.54, 1.807) is 24.3 Å². The summed E-state index contributed by atoms with van der Waals surface area (Å²) in [4.78, 5) is 33.0. The van der Waals surface area contributed by atoms with E-state index in [-0.39, 0.29) is 35.4 Å². The molecular formula is C36H48N4O3. The van der Waals surface area contributed by atoms with Crippen LogP contribution in [0.2, 0.25) is 0 Å². The smallest absolute Gasteiger partial charge is 0.241 e. The molecule has 1 heterocycles. The highest BCUT2D eigenvalue weighted by molar-refractivity contribution is 5.96. The number of amides is 2. The molecule has 43 heavy (non-hydrogen) atoms. The van der Waals surface area contributed by atoms with Gasteiger partial charge in [-0.25, -0.2) is 0 Å². The number of nitrogens with zero attached hydrogens (tertiary/aromatic N) is 2. The number of piperazine rings is 1. The molecular weight excluding hydrogens is 536 g/mol. The molecule has 1 aliphatic heterocycles. The summed E-state index contributed by atoms with van der Waals surface area (Å²) in [5.41, 5.74) is 3.60. The third-order valence-electron chi connectivity index (χ3n) is 8.83. The van der Waals surface area contributed by atoms with Crippen LogP contribution in [0.3, 0.4) is 0 Å². The number of aliphatic imine (C=N–C) groups is 1. The van der Waals surface area contributed by atoms with Gasteiger partial charge in [0.1, 0.15) is 5.75 Å². The number of phenolic OH excluding ortho intramolecular Hbond substituents is 1.